The molecule has 0 aliphatic heterocycles. The molecule has 0 aliphatic carbocycles. The molecule has 0 aromatic carbocycles. The van der Waals surface area contributed by atoms with Crippen LogP contribution >= 0.6 is 0 Å². The zero-order valence-electron chi connectivity index (χ0n) is 8.17. The highest BCUT2D eigenvalue weighted by Gasteiger charge is 2.33. The van der Waals surface area contributed by atoms with E-state index in [2.05, 4.69) is 5.10 Å². The molecule has 0 fully saturated rings. The van der Waals surface area contributed by atoms with Gasteiger partial charge in [-0.05, 0) is 19.4 Å². The van der Waals surface area contributed by atoms with Gasteiger partial charge in [-0.1, -0.05) is 13.3 Å². The molecular formula is C9H13F3N2. The van der Waals surface area contributed by atoms with Gasteiger partial charge in [-0.15, -0.1) is 0 Å². The number of aromatic nitrogens is 2. The fourth-order valence-electron chi connectivity index (χ4n) is 1.28. The molecule has 1 aromatic heterocycles. The van der Waals surface area contributed by atoms with Crippen molar-refractivity contribution < 1.29 is 13.2 Å². The van der Waals surface area contributed by atoms with Crippen LogP contribution in [0.1, 0.15) is 38.4 Å². The molecule has 14 heavy (non-hydrogen) atoms. The summed E-state index contributed by atoms with van der Waals surface area (Å²) < 4.78 is 37.9. The zero-order chi connectivity index (χ0) is 10.8. The van der Waals surface area contributed by atoms with Gasteiger partial charge in [0.25, 0.3) is 0 Å². The molecule has 0 saturated carbocycles. The molecule has 1 atom stereocenters. The van der Waals surface area contributed by atoms with Gasteiger partial charge in [0.1, 0.15) is 0 Å². The van der Waals surface area contributed by atoms with Crippen LogP contribution in [0.25, 0.3) is 0 Å². The highest BCUT2D eigenvalue weighted by Crippen LogP contribution is 2.28. The third kappa shape index (κ3) is 2.49. The minimum absolute atomic E-state index is 0.0242. The first-order chi connectivity index (χ1) is 6.45. The summed E-state index contributed by atoms with van der Waals surface area (Å²) in [5.74, 6) is 0. The monoisotopic (exact) mass is 206 g/mol. The molecule has 0 aliphatic rings. The van der Waals surface area contributed by atoms with E-state index in [1.165, 1.54) is 10.9 Å². The second kappa shape index (κ2) is 4.02. The van der Waals surface area contributed by atoms with Crippen LogP contribution < -0.4 is 0 Å². The predicted molar refractivity (Wildman–Crippen MR) is 46.8 cm³/mol. The molecule has 5 heteroatoms. The number of hydrogen-bond donors (Lipinski definition) is 0. The first-order valence-electron chi connectivity index (χ1n) is 4.57. The van der Waals surface area contributed by atoms with Crippen LogP contribution in [0.4, 0.5) is 13.2 Å². The van der Waals surface area contributed by atoms with E-state index in [-0.39, 0.29) is 6.04 Å². The first-order valence-corrected chi connectivity index (χ1v) is 4.57. The average Bonchev–Trinajstić information content (AvgIpc) is 2.51. The topological polar surface area (TPSA) is 17.8 Å². The quantitative estimate of drug-likeness (QED) is 0.742. The van der Waals surface area contributed by atoms with Crippen molar-refractivity contribution in [3.63, 3.8) is 0 Å². The van der Waals surface area contributed by atoms with Crippen LogP contribution in [0.15, 0.2) is 12.3 Å². The van der Waals surface area contributed by atoms with Crippen molar-refractivity contribution in [1.82, 2.24) is 9.78 Å². The molecule has 1 rings (SSSR count). The Kier molecular flexibility index (Phi) is 3.18. The van der Waals surface area contributed by atoms with E-state index in [4.69, 9.17) is 0 Å². The third-order valence-electron chi connectivity index (χ3n) is 2.06. The van der Waals surface area contributed by atoms with Crippen LogP contribution in [0.2, 0.25) is 0 Å². The van der Waals surface area contributed by atoms with Gasteiger partial charge < -0.3 is 0 Å². The molecule has 0 spiro atoms. The lowest BCUT2D eigenvalue weighted by atomic mass is 10.2. The molecule has 2 nitrogen and oxygen atoms in total. The predicted octanol–water partition coefficient (Wildman–Crippen LogP) is 3.26. The van der Waals surface area contributed by atoms with Gasteiger partial charge in [-0.3, -0.25) is 4.68 Å². The number of nitrogens with zero attached hydrogens (tertiary/aromatic N) is 2. The summed E-state index contributed by atoms with van der Waals surface area (Å²) in [6.07, 6.45) is -1.19. The smallest absolute Gasteiger partial charge is 0.269 e. The minimum Gasteiger partial charge on any atom is -0.269 e. The number of hydrogen-bond acceptors (Lipinski definition) is 1. The Bertz CT molecular complexity index is 290. The van der Waals surface area contributed by atoms with Crippen molar-refractivity contribution in [1.29, 1.82) is 0 Å². The number of halogens is 3. The SMILES string of the molecule is CCCC(C)n1ccc(C(F)(F)F)n1. The summed E-state index contributed by atoms with van der Waals surface area (Å²) >= 11 is 0. The molecule has 0 radical (unpaired) electrons. The number of alkyl halides is 3. The lowest BCUT2D eigenvalue weighted by molar-refractivity contribution is -0.141. The third-order valence-corrected chi connectivity index (χ3v) is 2.06. The normalized spacial score (nSPS) is 14.4. The Balaban J connectivity index is 2.78. The van der Waals surface area contributed by atoms with Crippen LogP contribution in [0.3, 0.4) is 0 Å². The summed E-state index contributed by atoms with van der Waals surface area (Å²) in [7, 11) is 0. The van der Waals surface area contributed by atoms with Crippen LogP contribution in [0, 0.1) is 0 Å². The van der Waals surface area contributed by atoms with Crippen LogP contribution in [0.5, 0.6) is 0 Å². The van der Waals surface area contributed by atoms with E-state index in [1.54, 1.807) is 0 Å². The maximum atomic E-state index is 12.2. The van der Waals surface area contributed by atoms with E-state index >= 15 is 0 Å². The Morgan fingerprint density at radius 1 is 1.50 bits per heavy atom. The Morgan fingerprint density at radius 3 is 2.57 bits per heavy atom. The van der Waals surface area contributed by atoms with Gasteiger partial charge in [0.15, 0.2) is 5.69 Å². The molecule has 0 amide bonds. The van der Waals surface area contributed by atoms with E-state index in [9.17, 15) is 13.2 Å². The zero-order valence-corrected chi connectivity index (χ0v) is 8.17. The molecule has 80 valence electrons. The largest absolute Gasteiger partial charge is 0.435 e. The first kappa shape index (κ1) is 11.1. The number of rotatable bonds is 3. The van der Waals surface area contributed by atoms with Gasteiger partial charge in [-0.2, -0.15) is 18.3 Å². The Hall–Kier alpha value is -1.00. The van der Waals surface area contributed by atoms with Gasteiger partial charge >= 0.3 is 6.18 Å². The van der Waals surface area contributed by atoms with Crippen molar-refractivity contribution in [2.24, 2.45) is 0 Å². The van der Waals surface area contributed by atoms with Crippen molar-refractivity contribution in [3.8, 4) is 0 Å². The van der Waals surface area contributed by atoms with E-state index in [0.29, 0.717) is 0 Å². The van der Waals surface area contributed by atoms with Crippen molar-refractivity contribution in [3.05, 3.63) is 18.0 Å². The maximum Gasteiger partial charge on any atom is 0.435 e. The van der Waals surface area contributed by atoms with Crippen molar-refractivity contribution >= 4 is 0 Å². The minimum atomic E-state index is -4.34. The molecule has 0 saturated heterocycles. The van der Waals surface area contributed by atoms with Crippen LogP contribution in [-0.4, -0.2) is 9.78 Å². The van der Waals surface area contributed by atoms with Crippen molar-refractivity contribution in [2.45, 2.75) is 38.9 Å². The fraction of sp³-hybridized carbons (Fsp3) is 0.667. The molecule has 0 bridgehead atoms. The lowest BCUT2D eigenvalue weighted by Crippen LogP contribution is -2.10. The summed E-state index contributed by atoms with van der Waals surface area (Å²) in [4.78, 5) is 0. The molecule has 1 aromatic rings. The average molecular weight is 206 g/mol. The maximum absolute atomic E-state index is 12.2. The highest BCUT2D eigenvalue weighted by molar-refractivity contribution is 5.03. The van der Waals surface area contributed by atoms with Gasteiger partial charge in [0.2, 0.25) is 0 Å². The van der Waals surface area contributed by atoms with E-state index in [0.717, 1.165) is 18.9 Å². The molecule has 1 heterocycles. The lowest BCUT2D eigenvalue weighted by Gasteiger charge is -2.10. The van der Waals surface area contributed by atoms with Gasteiger partial charge in [0.05, 0.1) is 0 Å². The summed E-state index contributed by atoms with van der Waals surface area (Å²) in [5, 5.41) is 3.49. The van der Waals surface area contributed by atoms with Crippen LogP contribution in [-0.2, 0) is 6.18 Å². The molecule has 1 unspecified atom stereocenters. The van der Waals surface area contributed by atoms with Gasteiger partial charge in [-0.25, -0.2) is 0 Å². The molecular weight excluding hydrogens is 193 g/mol. The summed E-state index contributed by atoms with van der Waals surface area (Å²) in [6, 6.07) is 1.03. The summed E-state index contributed by atoms with van der Waals surface area (Å²) in [6.45, 7) is 3.85. The highest BCUT2D eigenvalue weighted by atomic mass is 19.4. The second-order valence-corrected chi connectivity index (χ2v) is 3.32. The van der Waals surface area contributed by atoms with E-state index in [1.807, 2.05) is 13.8 Å². The fourth-order valence-corrected chi connectivity index (χ4v) is 1.28. The Labute approximate surface area is 80.7 Å². The standard InChI is InChI=1S/C9H13F3N2/c1-3-4-7(2)14-6-5-8(13-14)9(10,11)12/h5-7H,3-4H2,1-2H3. The molecule has 0 N–H and O–H groups in total. The van der Waals surface area contributed by atoms with E-state index < -0.39 is 11.9 Å². The Morgan fingerprint density at radius 2 is 2.14 bits per heavy atom. The summed E-state index contributed by atoms with van der Waals surface area (Å²) in [5.41, 5.74) is -0.819. The second-order valence-electron chi connectivity index (χ2n) is 3.32. The van der Waals surface area contributed by atoms with Gasteiger partial charge in [0, 0.05) is 12.2 Å². The van der Waals surface area contributed by atoms with Crippen molar-refractivity contribution in [2.75, 3.05) is 0 Å².